The van der Waals surface area contributed by atoms with Crippen molar-refractivity contribution < 1.29 is 24.6 Å². The second-order valence-electron chi connectivity index (χ2n) is 6.32. The molecule has 0 unspecified atom stereocenters. The Morgan fingerprint density at radius 2 is 1.23 bits per heavy atom. The minimum absolute atomic E-state index is 0. The molecule has 0 aromatic heterocycles. The lowest BCUT2D eigenvalue weighted by Crippen LogP contribution is -2.21. The zero-order valence-corrected chi connectivity index (χ0v) is 15.9. The van der Waals surface area contributed by atoms with Gasteiger partial charge < -0.3 is 27.0 Å². The number of carboxylic acid groups (broad SMARTS) is 2. The fourth-order valence-corrected chi connectivity index (χ4v) is 2.43. The Morgan fingerprint density at radius 3 is 1.73 bits per heavy atom. The van der Waals surface area contributed by atoms with Crippen LogP contribution in [0.1, 0.15) is 77.0 Å². The first kappa shape index (κ1) is 26.6. The third-order valence-corrected chi connectivity index (χ3v) is 3.89. The molecular formula is C18H37N3O5. The minimum atomic E-state index is -0.870. The summed E-state index contributed by atoms with van der Waals surface area (Å²) in [4.78, 5) is 30.4. The second-order valence-corrected chi connectivity index (χ2v) is 6.32. The van der Waals surface area contributed by atoms with E-state index in [-0.39, 0.29) is 24.9 Å². The smallest absolute Gasteiger partial charge is 0.303 e. The molecule has 0 radical (unpaired) electrons. The summed E-state index contributed by atoms with van der Waals surface area (Å²) in [7, 11) is 0. The summed E-state index contributed by atoms with van der Waals surface area (Å²) in [5, 5.41) is 22.4. The Labute approximate surface area is 156 Å². The Bertz CT molecular complexity index is 332. The van der Waals surface area contributed by atoms with Crippen LogP contribution in [0.25, 0.3) is 0 Å². The van der Waals surface area contributed by atoms with Crippen molar-refractivity contribution in [1.82, 2.24) is 16.8 Å². The van der Waals surface area contributed by atoms with E-state index >= 15 is 0 Å². The molecule has 0 spiro atoms. The predicted molar refractivity (Wildman–Crippen MR) is 102 cm³/mol. The molecule has 0 saturated carbocycles. The average Bonchev–Trinajstić information content (AvgIpc) is 2.99. The molecule has 8 nitrogen and oxygen atoms in total. The number of aliphatic carboxylic acids is 2. The zero-order chi connectivity index (χ0) is 18.8. The molecule has 2 saturated heterocycles. The van der Waals surface area contributed by atoms with Gasteiger partial charge in [-0.05, 0) is 51.6 Å². The Hall–Kier alpha value is -1.67. The number of hydrogen-bond donors (Lipinski definition) is 5. The van der Waals surface area contributed by atoms with E-state index in [1.807, 2.05) is 0 Å². The minimum Gasteiger partial charge on any atom is -0.481 e. The number of hydrogen-bond acceptors (Lipinski definition) is 5. The van der Waals surface area contributed by atoms with Crippen LogP contribution < -0.4 is 16.8 Å². The molecule has 1 amide bonds. The van der Waals surface area contributed by atoms with Gasteiger partial charge >= 0.3 is 11.9 Å². The van der Waals surface area contributed by atoms with Crippen LogP contribution in [0.5, 0.6) is 0 Å². The van der Waals surface area contributed by atoms with E-state index in [2.05, 4.69) is 10.6 Å². The van der Waals surface area contributed by atoms with E-state index < -0.39 is 11.9 Å². The van der Waals surface area contributed by atoms with E-state index in [0.29, 0.717) is 12.8 Å². The lowest BCUT2D eigenvalue weighted by Gasteiger charge is -1.93. The SMILES string of the molecule is C1CCCNCC1.N.O=C(O)CCCCC(=O)O.O=C1CCCCCN1. The standard InChI is InChI=1S/C6H11NO.C6H13N.C6H10O4.H3N/c8-6-4-2-1-3-5-7-6;1-2-4-6-7-5-3-1;7-5(8)3-1-2-4-6(9)10;/h1-5H2,(H,7,8);7H,1-6H2;1-4H2,(H,7,8)(H,9,10);1H3. The highest BCUT2D eigenvalue weighted by Crippen LogP contribution is 2.02. The van der Waals surface area contributed by atoms with E-state index in [9.17, 15) is 14.4 Å². The van der Waals surface area contributed by atoms with Crippen LogP contribution in [0.3, 0.4) is 0 Å². The molecule has 0 atom stereocenters. The Balaban J connectivity index is 0. The quantitative estimate of drug-likeness (QED) is 0.463. The maximum absolute atomic E-state index is 10.6. The second kappa shape index (κ2) is 19.7. The number of amides is 1. The van der Waals surface area contributed by atoms with Crippen LogP contribution in [0.4, 0.5) is 0 Å². The summed E-state index contributed by atoms with van der Waals surface area (Å²) in [6.45, 7) is 3.39. The summed E-state index contributed by atoms with van der Waals surface area (Å²) in [6.07, 6.45) is 10.8. The van der Waals surface area contributed by atoms with Gasteiger partial charge in [-0.3, -0.25) is 14.4 Å². The molecule has 8 heteroatoms. The normalized spacial score (nSPS) is 16.7. The van der Waals surface area contributed by atoms with Crippen LogP contribution in [0, 0.1) is 0 Å². The summed E-state index contributed by atoms with van der Waals surface area (Å²) >= 11 is 0. The number of nitrogens with one attached hydrogen (secondary N) is 2. The molecule has 0 aromatic rings. The van der Waals surface area contributed by atoms with Crippen LogP contribution in [-0.4, -0.2) is 47.7 Å². The predicted octanol–water partition coefficient (Wildman–Crippen LogP) is 2.70. The van der Waals surface area contributed by atoms with Gasteiger partial charge in [0.2, 0.25) is 5.91 Å². The first-order chi connectivity index (χ1) is 12.0. The maximum Gasteiger partial charge on any atom is 0.303 e. The number of rotatable bonds is 5. The van der Waals surface area contributed by atoms with Crippen molar-refractivity contribution in [3.05, 3.63) is 0 Å². The zero-order valence-electron chi connectivity index (χ0n) is 15.9. The van der Waals surface area contributed by atoms with Gasteiger partial charge in [-0.25, -0.2) is 0 Å². The van der Waals surface area contributed by atoms with Crippen molar-refractivity contribution in [3.8, 4) is 0 Å². The number of carboxylic acids is 2. The van der Waals surface area contributed by atoms with Crippen molar-refractivity contribution in [2.75, 3.05) is 19.6 Å². The molecule has 0 aromatic carbocycles. The van der Waals surface area contributed by atoms with E-state index in [1.54, 1.807) is 0 Å². The Morgan fingerprint density at radius 1 is 0.769 bits per heavy atom. The van der Waals surface area contributed by atoms with E-state index in [4.69, 9.17) is 10.2 Å². The number of carbonyl (C=O) groups is 3. The fourth-order valence-electron chi connectivity index (χ4n) is 2.43. The fraction of sp³-hybridized carbons (Fsp3) is 0.833. The van der Waals surface area contributed by atoms with Gasteiger partial charge in [-0.1, -0.05) is 19.3 Å². The van der Waals surface area contributed by atoms with Crippen LogP contribution in [0.15, 0.2) is 0 Å². The van der Waals surface area contributed by atoms with Gasteiger partial charge in [0.05, 0.1) is 0 Å². The number of unbranched alkanes of at least 4 members (excludes halogenated alkanes) is 1. The molecule has 0 bridgehead atoms. The highest BCUT2D eigenvalue weighted by atomic mass is 16.4. The topological polar surface area (TPSA) is 151 Å². The largest absolute Gasteiger partial charge is 0.481 e. The third-order valence-electron chi connectivity index (χ3n) is 3.89. The molecule has 154 valence electrons. The molecule has 7 N–H and O–H groups in total. The van der Waals surface area contributed by atoms with Gasteiger partial charge in [0, 0.05) is 25.8 Å². The summed E-state index contributed by atoms with van der Waals surface area (Å²) < 4.78 is 0. The first-order valence-corrected chi connectivity index (χ1v) is 9.43. The van der Waals surface area contributed by atoms with Crippen molar-refractivity contribution >= 4 is 17.8 Å². The highest BCUT2D eigenvalue weighted by Gasteiger charge is 2.03. The summed E-state index contributed by atoms with van der Waals surface area (Å²) in [5.74, 6) is -1.52. The monoisotopic (exact) mass is 375 g/mol. The van der Waals surface area contributed by atoms with Crippen molar-refractivity contribution in [2.24, 2.45) is 0 Å². The van der Waals surface area contributed by atoms with Gasteiger partial charge in [0.15, 0.2) is 0 Å². The van der Waals surface area contributed by atoms with E-state index in [1.165, 1.54) is 45.2 Å². The summed E-state index contributed by atoms with van der Waals surface area (Å²) in [6, 6.07) is 0. The molecule has 2 aliphatic heterocycles. The van der Waals surface area contributed by atoms with Gasteiger partial charge in [0.1, 0.15) is 0 Å². The van der Waals surface area contributed by atoms with Crippen LogP contribution in [-0.2, 0) is 14.4 Å². The van der Waals surface area contributed by atoms with Crippen LogP contribution in [0.2, 0.25) is 0 Å². The molecule has 2 fully saturated rings. The van der Waals surface area contributed by atoms with Gasteiger partial charge in [-0.2, -0.15) is 0 Å². The van der Waals surface area contributed by atoms with Crippen molar-refractivity contribution in [2.45, 2.75) is 77.0 Å². The molecule has 0 aliphatic carbocycles. The highest BCUT2D eigenvalue weighted by molar-refractivity contribution is 5.75. The molecule has 2 rings (SSSR count). The number of carbonyl (C=O) groups excluding carboxylic acids is 1. The lowest BCUT2D eigenvalue weighted by atomic mass is 10.2. The van der Waals surface area contributed by atoms with Crippen molar-refractivity contribution in [1.29, 1.82) is 0 Å². The third kappa shape index (κ3) is 22.3. The molecular weight excluding hydrogens is 338 g/mol. The molecule has 2 heterocycles. The lowest BCUT2D eigenvalue weighted by molar-refractivity contribution is -0.139. The van der Waals surface area contributed by atoms with Crippen molar-refractivity contribution in [3.63, 3.8) is 0 Å². The van der Waals surface area contributed by atoms with E-state index in [0.717, 1.165) is 25.8 Å². The molecule has 26 heavy (non-hydrogen) atoms. The average molecular weight is 376 g/mol. The Kier molecular flexibility index (Phi) is 20.1. The maximum atomic E-state index is 10.6. The first-order valence-electron chi connectivity index (χ1n) is 9.43. The van der Waals surface area contributed by atoms with Gasteiger partial charge in [0.25, 0.3) is 0 Å². The summed E-state index contributed by atoms with van der Waals surface area (Å²) in [5.41, 5.74) is 0. The van der Waals surface area contributed by atoms with Crippen LogP contribution >= 0.6 is 0 Å². The molecule has 2 aliphatic rings. The van der Waals surface area contributed by atoms with Gasteiger partial charge in [-0.15, -0.1) is 0 Å².